The molecule has 0 spiro atoms. The third-order valence-corrected chi connectivity index (χ3v) is 17.7. The highest BCUT2D eigenvalue weighted by Gasteiger charge is 2.54. The predicted molar refractivity (Wildman–Crippen MR) is 185 cm³/mol. The van der Waals surface area contributed by atoms with E-state index in [1.807, 2.05) is 0 Å². The summed E-state index contributed by atoms with van der Waals surface area (Å²) in [6.45, 7) is 0. The lowest BCUT2D eigenvalue weighted by Crippen LogP contribution is -2.46. The summed E-state index contributed by atoms with van der Waals surface area (Å²) < 4.78 is 101. The van der Waals surface area contributed by atoms with Crippen molar-refractivity contribution >= 4 is 16.1 Å². The van der Waals surface area contributed by atoms with Gasteiger partial charge in [-0.15, -0.1) is 0 Å². The summed E-state index contributed by atoms with van der Waals surface area (Å²) in [5.74, 6) is -4.33. The fourth-order valence-corrected chi connectivity index (χ4v) is 16.7. The van der Waals surface area contributed by atoms with Crippen molar-refractivity contribution < 1.29 is 40.1 Å². The molecule has 5 nitrogen and oxygen atoms in total. The summed E-state index contributed by atoms with van der Waals surface area (Å²) in [6, 6.07) is 4.55. The molecule has 12 aliphatic rings. The van der Waals surface area contributed by atoms with E-state index >= 15 is 17.6 Å². The quantitative estimate of drug-likeness (QED) is 0.0965. The predicted octanol–water partition coefficient (Wildman–Crippen LogP) is 9.99. The van der Waals surface area contributed by atoms with Crippen LogP contribution in [0.15, 0.2) is 17.0 Å². The Morgan fingerprint density at radius 1 is 0.528 bits per heavy atom. The molecule has 284 valence electrons. The smallest absolute Gasteiger partial charge is 0.344 e. The lowest BCUT2D eigenvalue weighted by atomic mass is 9.48. The van der Waals surface area contributed by atoms with Crippen molar-refractivity contribution in [3.05, 3.63) is 57.7 Å². The Bertz CT molecular complexity index is 1850. The molecule has 2 aromatic carbocycles. The van der Waals surface area contributed by atoms with Gasteiger partial charge in [0.25, 0.3) is 0 Å². The molecule has 0 amide bonds. The highest BCUT2D eigenvalue weighted by atomic mass is 32.2. The summed E-state index contributed by atoms with van der Waals surface area (Å²) in [5, 5.41) is 0. The normalized spacial score (nSPS) is 42.8. The second kappa shape index (κ2) is 11.8. The number of benzene rings is 2. The number of ether oxygens (including phenoxy) is 1. The van der Waals surface area contributed by atoms with E-state index in [0.29, 0.717) is 70.7 Å². The van der Waals surface area contributed by atoms with Crippen molar-refractivity contribution in [1.29, 1.82) is 0 Å². The highest BCUT2D eigenvalue weighted by molar-refractivity contribution is 7.85. The van der Waals surface area contributed by atoms with E-state index in [1.54, 1.807) is 0 Å². The van der Waals surface area contributed by atoms with Gasteiger partial charge in [-0.05, 0) is 202 Å². The van der Waals surface area contributed by atoms with Gasteiger partial charge in [0, 0.05) is 0 Å². The molecule has 0 unspecified atom stereocenters. The Kier molecular flexibility index (Phi) is 7.52. The maximum atomic E-state index is 15.5. The molecule has 0 heterocycles. The Hall–Kier alpha value is -2.46. The van der Waals surface area contributed by atoms with Gasteiger partial charge in [0.2, 0.25) is 17.4 Å². The van der Waals surface area contributed by atoms with E-state index in [4.69, 9.17) is 4.74 Å². The molecule has 14 rings (SSSR count). The molecular formula is C43H47F4O5S-. The van der Waals surface area contributed by atoms with E-state index in [-0.39, 0.29) is 11.8 Å². The van der Waals surface area contributed by atoms with E-state index in [2.05, 4.69) is 12.1 Å². The largest absolute Gasteiger partial charge is 0.744 e. The lowest BCUT2D eigenvalue weighted by molar-refractivity contribution is -0.00772. The molecule has 53 heavy (non-hydrogen) atoms. The van der Waals surface area contributed by atoms with Crippen LogP contribution in [-0.2, 0) is 10.1 Å². The van der Waals surface area contributed by atoms with Gasteiger partial charge >= 0.3 is 5.97 Å². The first-order valence-electron chi connectivity index (χ1n) is 20.6. The minimum absolute atomic E-state index is 0.0777. The van der Waals surface area contributed by atoms with Crippen molar-refractivity contribution in [3.63, 3.8) is 0 Å². The van der Waals surface area contributed by atoms with Gasteiger partial charge in [-0.25, -0.2) is 22.0 Å². The molecule has 0 atom stereocenters. The summed E-state index contributed by atoms with van der Waals surface area (Å²) in [6.07, 6.45) is 17.5. The number of esters is 1. The van der Waals surface area contributed by atoms with Crippen LogP contribution in [0.1, 0.15) is 141 Å². The molecule has 12 saturated carbocycles. The Labute approximate surface area is 308 Å². The minimum atomic E-state index is -5.91. The first kappa shape index (κ1) is 33.8. The van der Waals surface area contributed by atoms with Crippen LogP contribution in [0.2, 0.25) is 0 Å². The lowest BCUT2D eigenvalue weighted by Gasteiger charge is -2.57. The first-order chi connectivity index (χ1) is 25.4. The Morgan fingerprint density at radius 2 is 0.849 bits per heavy atom. The number of rotatable bonds is 6. The molecule has 0 aliphatic heterocycles. The molecule has 12 bridgehead atoms. The number of carbonyl (C=O) groups excluding carboxylic acids is 1. The van der Waals surface area contributed by atoms with Crippen molar-refractivity contribution in [1.82, 2.24) is 0 Å². The van der Waals surface area contributed by atoms with Crippen LogP contribution in [0.5, 0.6) is 5.75 Å². The van der Waals surface area contributed by atoms with E-state index in [1.165, 1.54) is 50.5 Å². The molecule has 12 fully saturated rings. The molecule has 0 saturated heterocycles. The van der Waals surface area contributed by atoms with Gasteiger partial charge in [-0.1, -0.05) is 12.1 Å². The van der Waals surface area contributed by atoms with Crippen molar-refractivity contribution in [2.75, 3.05) is 0 Å². The third kappa shape index (κ3) is 5.14. The second-order valence-electron chi connectivity index (χ2n) is 19.7. The summed E-state index contributed by atoms with van der Waals surface area (Å²) in [7, 11) is -5.91. The maximum Gasteiger partial charge on any atom is 0.344 e. The topological polar surface area (TPSA) is 83.5 Å². The van der Waals surface area contributed by atoms with Crippen LogP contribution in [0.25, 0.3) is 0 Å². The van der Waals surface area contributed by atoms with Crippen LogP contribution in [0, 0.1) is 94.3 Å². The highest BCUT2D eigenvalue weighted by Crippen LogP contribution is 2.65. The minimum Gasteiger partial charge on any atom is -0.744 e. The number of carbonyl (C=O) groups is 1. The van der Waals surface area contributed by atoms with E-state index in [0.717, 1.165) is 74.3 Å². The zero-order chi connectivity index (χ0) is 36.2. The van der Waals surface area contributed by atoms with Crippen LogP contribution in [-0.4, -0.2) is 18.9 Å². The van der Waals surface area contributed by atoms with E-state index < -0.39 is 50.0 Å². The Morgan fingerprint density at radius 3 is 1.17 bits per heavy atom. The fraction of sp³-hybridized carbons (Fsp3) is 0.698. The number of hydrogen-bond donors (Lipinski definition) is 0. The number of halogens is 4. The van der Waals surface area contributed by atoms with Crippen LogP contribution in [0.4, 0.5) is 17.6 Å². The zero-order valence-electron chi connectivity index (χ0n) is 29.9. The average molecular weight is 752 g/mol. The van der Waals surface area contributed by atoms with Crippen molar-refractivity contribution in [2.24, 2.45) is 71.0 Å². The molecular weight excluding hydrogens is 705 g/mol. The maximum absolute atomic E-state index is 15.5. The van der Waals surface area contributed by atoms with Gasteiger partial charge < -0.3 is 9.29 Å². The van der Waals surface area contributed by atoms with Crippen molar-refractivity contribution in [2.45, 2.75) is 119 Å². The summed E-state index contributed by atoms with van der Waals surface area (Å²) in [5.41, 5.74) is 3.42. The first-order valence-corrected chi connectivity index (χ1v) is 22.0. The summed E-state index contributed by atoms with van der Waals surface area (Å²) >= 11 is 0. The van der Waals surface area contributed by atoms with E-state index in [9.17, 15) is 17.8 Å². The zero-order valence-corrected chi connectivity index (χ0v) is 30.7. The van der Waals surface area contributed by atoms with Gasteiger partial charge in [-0.3, -0.25) is 0 Å². The Balaban J connectivity index is 1.10. The average Bonchev–Trinajstić information content (AvgIpc) is 3.07. The van der Waals surface area contributed by atoms with Crippen LogP contribution >= 0.6 is 0 Å². The summed E-state index contributed by atoms with van der Waals surface area (Å²) in [4.78, 5) is 12.6. The van der Waals surface area contributed by atoms with Gasteiger partial charge in [0.05, 0.1) is 5.56 Å². The molecule has 2 aromatic rings. The standard InChI is InChI=1S/C43H48F4O5S/c44-37-39(46)42(53(49,50)51)40(47)38(45)41(37)52-43(48)36-31(34-26-8-20-2-21(10-26)11-27(34)9-20)16-30(33-24-4-18-1-19(6-24)7-25(33)5-18)17-32(36)35-28-12-22-3-23(14-28)15-29(35)13-22/h16-29,33-35H,1-15H2,(H,49,50,51)/p-1. The van der Waals surface area contributed by atoms with Crippen LogP contribution in [0.3, 0.4) is 0 Å². The molecule has 0 radical (unpaired) electrons. The second-order valence-corrected chi connectivity index (χ2v) is 21.0. The monoisotopic (exact) mass is 751 g/mol. The third-order valence-electron chi connectivity index (χ3n) is 16.8. The van der Waals surface area contributed by atoms with Gasteiger partial charge in [0.15, 0.2) is 11.6 Å². The molecule has 12 aliphatic carbocycles. The number of hydrogen-bond acceptors (Lipinski definition) is 5. The van der Waals surface area contributed by atoms with Gasteiger partial charge in [-0.2, -0.15) is 8.78 Å². The SMILES string of the molecule is O=C(Oc1c(F)c(F)c(S(=O)(=O)[O-])c(F)c1F)c1c(C2C3CC4CC(C3)CC2C4)cc(C2C3CC4CC(C3)CC2C4)cc1C1C2CC3CC(C2)CC1C3. The molecule has 10 heteroatoms. The fourth-order valence-electron chi connectivity index (χ4n) is 16.0. The van der Waals surface area contributed by atoms with Crippen LogP contribution < -0.4 is 4.74 Å². The van der Waals surface area contributed by atoms with Gasteiger partial charge in [0.1, 0.15) is 15.0 Å². The molecule has 0 N–H and O–H groups in total. The van der Waals surface area contributed by atoms with Crippen molar-refractivity contribution in [3.8, 4) is 5.75 Å². The molecule has 0 aromatic heterocycles.